The van der Waals surface area contributed by atoms with Gasteiger partial charge in [-0.05, 0) is 31.4 Å². The quantitative estimate of drug-likeness (QED) is 0.943. The minimum atomic E-state index is 0.478. The lowest BCUT2D eigenvalue weighted by Crippen LogP contribution is -2.28. The Balaban J connectivity index is 1.56. The second-order valence-corrected chi connectivity index (χ2v) is 6.24. The minimum absolute atomic E-state index is 0.478. The second kappa shape index (κ2) is 5.31. The molecule has 0 radical (unpaired) electrons. The highest BCUT2D eigenvalue weighted by molar-refractivity contribution is 6.33. The van der Waals surface area contributed by atoms with E-state index >= 15 is 0 Å². The first kappa shape index (κ1) is 13.1. The van der Waals surface area contributed by atoms with E-state index in [4.69, 9.17) is 11.6 Å². The average Bonchev–Trinajstić information content (AvgIpc) is 2.99. The van der Waals surface area contributed by atoms with Crippen molar-refractivity contribution in [1.82, 2.24) is 19.7 Å². The summed E-state index contributed by atoms with van der Waals surface area (Å²) in [7, 11) is 0. The van der Waals surface area contributed by atoms with Crippen LogP contribution in [0.1, 0.15) is 19.3 Å². The van der Waals surface area contributed by atoms with Crippen molar-refractivity contribution in [3.05, 3.63) is 35.9 Å². The molecule has 1 atom stereocenters. The molecule has 1 saturated carbocycles. The topological polar surface area (TPSA) is 46.0 Å². The Morgan fingerprint density at radius 2 is 2.14 bits per heavy atom. The van der Waals surface area contributed by atoms with E-state index < -0.39 is 0 Å². The second-order valence-electron chi connectivity index (χ2n) is 5.83. The van der Waals surface area contributed by atoms with Crippen molar-refractivity contribution in [2.24, 2.45) is 0 Å². The Labute approximate surface area is 128 Å². The lowest BCUT2D eigenvalue weighted by Gasteiger charge is -2.19. The molecule has 0 spiro atoms. The summed E-state index contributed by atoms with van der Waals surface area (Å²) in [6.45, 7) is 2.32. The highest BCUT2D eigenvalue weighted by atomic mass is 35.5. The van der Waals surface area contributed by atoms with E-state index in [0.29, 0.717) is 11.1 Å². The maximum atomic E-state index is 6.36. The summed E-state index contributed by atoms with van der Waals surface area (Å²) in [5.74, 6) is 0. The van der Waals surface area contributed by atoms with Gasteiger partial charge in [0.25, 0.3) is 0 Å². The molecular weight excluding hydrogens is 286 g/mol. The number of likely N-dealkylation sites (tertiary alicyclic amines) is 1. The molecule has 1 aromatic heterocycles. The lowest BCUT2D eigenvalue weighted by molar-refractivity contribution is 0.326. The molecule has 1 aliphatic heterocycles. The van der Waals surface area contributed by atoms with Crippen LogP contribution in [0.4, 0.5) is 5.69 Å². The van der Waals surface area contributed by atoms with Gasteiger partial charge in [-0.25, -0.2) is 9.67 Å². The van der Waals surface area contributed by atoms with Gasteiger partial charge in [0.2, 0.25) is 0 Å². The van der Waals surface area contributed by atoms with Crippen molar-refractivity contribution >= 4 is 17.3 Å². The van der Waals surface area contributed by atoms with E-state index in [1.165, 1.54) is 32.1 Å². The van der Waals surface area contributed by atoms with Gasteiger partial charge in [-0.2, -0.15) is 5.10 Å². The monoisotopic (exact) mass is 303 g/mol. The summed E-state index contributed by atoms with van der Waals surface area (Å²) in [6.07, 6.45) is 7.12. The first-order valence-electron chi connectivity index (χ1n) is 7.45. The summed E-state index contributed by atoms with van der Waals surface area (Å²) in [6, 6.07) is 7.23. The molecule has 1 saturated heterocycles. The molecule has 0 amide bonds. The molecule has 1 N–H and O–H groups in total. The van der Waals surface area contributed by atoms with Gasteiger partial charge in [-0.15, -0.1) is 0 Å². The maximum Gasteiger partial charge on any atom is 0.138 e. The highest BCUT2D eigenvalue weighted by Crippen LogP contribution is 2.32. The van der Waals surface area contributed by atoms with Crippen LogP contribution in [0.15, 0.2) is 30.9 Å². The fraction of sp³-hybridized carbons (Fsp3) is 0.467. The molecule has 2 aliphatic rings. The lowest BCUT2D eigenvalue weighted by atomic mass is 10.2. The molecule has 4 rings (SSSR count). The van der Waals surface area contributed by atoms with E-state index in [0.717, 1.165) is 24.0 Å². The molecule has 1 aromatic carbocycles. The van der Waals surface area contributed by atoms with Crippen LogP contribution in [0.2, 0.25) is 5.02 Å². The standard InChI is InChI=1S/C15H18ClN5/c16-13-2-1-3-14(15(13)21-10-17-9-18-21)19-11-6-7-20(8-11)12-4-5-12/h1-3,9-12,19H,4-8H2. The number of halogens is 1. The Morgan fingerprint density at radius 3 is 2.90 bits per heavy atom. The molecule has 21 heavy (non-hydrogen) atoms. The molecule has 110 valence electrons. The molecule has 1 unspecified atom stereocenters. The smallest absolute Gasteiger partial charge is 0.138 e. The number of nitrogens with one attached hydrogen (secondary N) is 1. The number of nitrogens with zero attached hydrogens (tertiary/aromatic N) is 4. The number of hydrogen-bond donors (Lipinski definition) is 1. The van der Waals surface area contributed by atoms with Crippen LogP contribution < -0.4 is 5.32 Å². The van der Waals surface area contributed by atoms with E-state index in [2.05, 4.69) is 26.4 Å². The predicted octanol–water partition coefficient (Wildman–Crippen LogP) is 2.57. The number of benzene rings is 1. The Bertz CT molecular complexity index is 623. The third-order valence-electron chi connectivity index (χ3n) is 4.28. The zero-order chi connectivity index (χ0) is 14.2. The van der Waals surface area contributed by atoms with Crippen LogP contribution >= 0.6 is 11.6 Å². The van der Waals surface area contributed by atoms with Gasteiger partial charge in [0.15, 0.2) is 0 Å². The number of anilines is 1. The zero-order valence-corrected chi connectivity index (χ0v) is 12.5. The number of para-hydroxylation sites is 1. The first-order valence-corrected chi connectivity index (χ1v) is 7.83. The fourth-order valence-corrected chi connectivity index (χ4v) is 3.35. The van der Waals surface area contributed by atoms with Crippen molar-refractivity contribution in [1.29, 1.82) is 0 Å². The van der Waals surface area contributed by atoms with Gasteiger partial charge < -0.3 is 5.32 Å². The number of rotatable bonds is 4. The molecule has 2 heterocycles. The SMILES string of the molecule is Clc1cccc(NC2CCN(C3CC3)C2)c1-n1cncn1. The molecular formula is C15H18ClN5. The van der Waals surface area contributed by atoms with Crippen molar-refractivity contribution in [2.45, 2.75) is 31.3 Å². The fourth-order valence-electron chi connectivity index (χ4n) is 3.08. The van der Waals surface area contributed by atoms with Gasteiger partial charge in [0.1, 0.15) is 18.3 Å². The largest absolute Gasteiger partial charge is 0.379 e. The zero-order valence-electron chi connectivity index (χ0n) is 11.7. The number of aromatic nitrogens is 3. The van der Waals surface area contributed by atoms with Crippen LogP contribution in [0, 0.1) is 0 Å². The van der Waals surface area contributed by atoms with Crippen LogP contribution in [-0.4, -0.2) is 44.8 Å². The van der Waals surface area contributed by atoms with E-state index in [1.807, 2.05) is 12.1 Å². The van der Waals surface area contributed by atoms with Crippen LogP contribution in [0.3, 0.4) is 0 Å². The third-order valence-corrected chi connectivity index (χ3v) is 4.58. The summed E-state index contributed by atoms with van der Waals surface area (Å²) in [5.41, 5.74) is 1.90. The summed E-state index contributed by atoms with van der Waals surface area (Å²) < 4.78 is 1.72. The minimum Gasteiger partial charge on any atom is -0.379 e. The van der Waals surface area contributed by atoms with E-state index in [1.54, 1.807) is 11.0 Å². The predicted molar refractivity (Wildman–Crippen MR) is 83.0 cm³/mol. The summed E-state index contributed by atoms with van der Waals surface area (Å²) in [4.78, 5) is 6.61. The Hall–Kier alpha value is -1.59. The Morgan fingerprint density at radius 1 is 1.24 bits per heavy atom. The molecule has 1 aliphatic carbocycles. The Kier molecular flexibility index (Phi) is 3.31. The molecule has 2 aromatic rings. The summed E-state index contributed by atoms with van der Waals surface area (Å²) in [5, 5.41) is 8.53. The van der Waals surface area contributed by atoms with Gasteiger partial charge in [0, 0.05) is 25.2 Å². The van der Waals surface area contributed by atoms with Crippen LogP contribution in [0.5, 0.6) is 0 Å². The van der Waals surface area contributed by atoms with Crippen LogP contribution in [-0.2, 0) is 0 Å². The third kappa shape index (κ3) is 2.63. The number of hydrogen-bond acceptors (Lipinski definition) is 4. The van der Waals surface area contributed by atoms with Crippen molar-refractivity contribution in [3.8, 4) is 5.69 Å². The van der Waals surface area contributed by atoms with Crippen molar-refractivity contribution < 1.29 is 0 Å². The average molecular weight is 304 g/mol. The van der Waals surface area contributed by atoms with Gasteiger partial charge in [-0.1, -0.05) is 17.7 Å². The summed E-state index contributed by atoms with van der Waals surface area (Å²) >= 11 is 6.36. The van der Waals surface area contributed by atoms with Crippen molar-refractivity contribution in [3.63, 3.8) is 0 Å². The van der Waals surface area contributed by atoms with Gasteiger partial charge in [0.05, 0.1) is 10.7 Å². The highest BCUT2D eigenvalue weighted by Gasteiger charge is 2.34. The molecule has 0 bridgehead atoms. The molecule has 5 nitrogen and oxygen atoms in total. The molecule has 6 heteroatoms. The maximum absolute atomic E-state index is 6.36. The normalized spacial score (nSPS) is 22.6. The van der Waals surface area contributed by atoms with E-state index in [9.17, 15) is 0 Å². The van der Waals surface area contributed by atoms with Gasteiger partial charge >= 0.3 is 0 Å². The van der Waals surface area contributed by atoms with Crippen LogP contribution in [0.25, 0.3) is 5.69 Å². The first-order chi connectivity index (χ1) is 10.3. The molecule has 2 fully saturated rings. The van der Waals surface area contributed by atoms with E-state index in [-0.39, 0.29) is 0 Å². The van der Waals surface area contributed by atoms with Crippen molar-refractivity contribution in [2.75, 3.05) is 18.4 Å². The van der Waals surface area contributed by atoms with Gasteiger partial charge in [-0.3, -0.25) is 4.90 Å².